The van der Waals surface area contributed by atoms with Gasteiger partial charge in [-0.15, -0.1) is 5.92 Å². The fraction of sp³-hybridized carbons (Fsp3) is 0.522. The molecule has 4 rings (SSSR count). The molecule has 2 nitrogen and oxygen atoms in total. The summed E-state index contributed by atoms with van der Waals surface area (Å²) in [6, 6.07) is 4.43. The Bertz CT molecular complexity index is 796. The van der Waals surface area contributed by atoms with Crippen LogP contribution in [0.15, 0.2) is 24.3 Å². The summed E-state index contributed by atoms with van der Waals surface area (Å²) >= 11 is 0. The largest absolute Gasteiger partial charge is 0.328 e. The van der Waals surface area contributed by atoms with Gasteiger partial charge in [0.05, 0.1) is 5.69 Å². The molecule has 1 aromatic rings. The number of allylic oxidation sites excluding steroid dienone is 1. The van der Waals surface area contributed by atoms with Gasteiger partial charge in [0, 0.05) is 5.56 Å². The van der Waals surface area contributed by atoms with Crippen LogP contribution < -0.4 is 5.32 Å². The molecule has 25 heavy (non-hydrogen) atoms. The maximum Gasteiger partial charge on any atom is 0.211 e. The fourth-order valence-corrected chi connectivity index (χ4v) is 5.95. The number of nitrogens with one attached hydrogen (secondary N) is 1. The summed E-state index contributed by atoms with van der Waals surface area (Å²) in [7, 11) is 0. The highest BCUT2D eigenvalue weighted by Gasteiger charge is 2.51. The number of carbonyl (C=O) groups excluding carboxylic acids is 1. The van der Waals surface area contributed by atoms with Crippen molar-refractivity contribution in [2.24, 2.45) is 17.3 Å². The third kappa shape index (κ3) is 2.44. The monoisotopic (exact) mass is 333 g/mol. The van der Waals surface area contributed by atoms with Crippen LogP contribution in [0.25, 0.3) is 0 Å². The Kier molecular flexibility index (Phi) is 3.99. The molecule has 2 fully saturated rings. The van der Waals surface area contributed by atoms with Crippen LogP contribution in [0.2, 0.25) is 0 Å². The molecule has 0 radical (unpaired) electrons. The lowest BCUT2D eigenvalue weighted by Gasteiger charge is -2.49. The molecular weight excluding hydrogens is 306 g/mol. The highest BCUT2D eigenvalue weighted by atomic mass is 16.1. The Morgan fingerprint density at radius 3 is 2.88 bits per heavy atom. The topological polar surface area (TPSA) is 29.1 Å². The van der Waals surface area contributed by atoms with Crippen molar-refractivity contribution in [3.63, 3.8) is 0 Å². The van der Waals surface area contributed by atoms with Gasteiger partial charge in [-0.05, 0) is 91.9 Å². The molecule has 0 heterocycles. The molecule has 3 aliphatic rings. The zero-order valence-corrected chi connectivity index (χ0v) is 15.3. The number of hydrogen-bond acceptors (Lipinski definition) is 1. The maximum atomic E-state index is 11.0. The van der Waals surface area contributed by atoms with Gasteiger partial charge in [-0.25, -0.2) is 0 Å². The van der Waals surface area contributed by atoms with E-state index in [0.29, 0.717) is 11.3 Å². The maximum absolute atomic E-state index is 11.0. The smallest absolute Gasteiger partial charge is 0.211 e. The van der Waals surface area contributed by atoms with Crippen LogP contribution in [-0.4, -0.2) is 6.41 Å². The summed E-state index contributed by atoms with van der Waals surface area (Å²) < 4.78 is 0. The standard InChI is InChI=1S/C23H27NO/c1-4-5-17-12-20-16(13-22(17)24-14-25)7-8-19-18(20)10-11-23(3)15(2)6-9-21(19)23/h12-14,18-19,21H,2,6-11H2,1,3H3,(H,24,25). The van der Waals surface area contributed by atoms with Gasteiger partial charge in [0.25, 0.3) is 0 Å². The first-order valence-corrected chi connectivity index (χ1v) is 9.56. The first-order chi connectivity index (χ1) is 12.1. The number of carbonyl (C=O) groups is 1. The van der Waals surface area contributed by atoms with E-state index in [1.165, 1.54) is 48.8 Å². The lowest BCUT2D eigenvalue weighted by molar-refractivity contribution is -0.105. The van der Waals surface area contributed by atoms with Crippen LogP contribution in [0.4, 0.5) is 5.69 Å². The van der Waals surface area contributed by atoms with Crippen LogP contribution >= 0.6 is 0 Å². The molecule has 130 valence electrons. The number of amides is 1. The van der Waals surface area contributed by atoms with Crippen LogP contribution in [0.3, 0.4) is 0 Å². The summed E-state index contributed by atoms with van der Waals surface area (Å²) in [6.45, 7) is 8.72. The minimum absolute atomic E-state index is 0.365. The summed E-state index contributed by atoms with van der Waals surface area (Å²) in [4.78, 5) is 11.0. The minimum Gasteiger partial charge on any atom is -0.328 e. The number of rotatable bonds is 2. The van der Waals surface area contributed by atoms with E-state index in [1.807, 2.05) is 6.92 Å². The molecule has 4 atom stereocenters. The average Bonchev–Trinajstić information content (AvgIpc) is 2.91. The van der Waals surface area contributed by atoms with Crippen molar-refractivity contribution in [1.29, 1.82) is 0 Å². The Morgan fingerprint density at radius 1 is 1.28 bits per heavy atom. The molecule has 0 bridgehead atoms. The molecule has 2 heteroatoms. The third-order valence-corrected chi connectivity index (χ3v) is 7.29. The van der Waals surface area contributed by atoms with E-state index in [0.717, 1.165) is 35.9 Å². The van der Waals surface area contributed by atoms with Gasteiger partial charge < -0.3 is 5.32 Å². The lowest BCUT2D eigenvalue weighted by atomic mass is 9.55. The molecule has 0 aromatic heterocycles. The number of hydrogen-bond donors (Lipinski definition) is 1. The van der Waals surface area contributed by atoms with Crippen LogP contribution in [0.1, 0.15) is 68.6 Å². The van der Waals surface area contributed by atoms with Crippen molar-refractivity contribution in [3.8, 4) is 11.8 Å². The molecule has 1 N–H and O–H groups in total. The van der Waals surface area contributed by atoms with E-state index in [9.17, 15) is 4.79 Å². The first kappa shape index (κ1) is 16.5. The van der Waals surface area contributed by atoms with Gasteiger partial charge in [0.15, 0.2) is 0 Å². The highest BCUT2D eigenvalue weighted by Crippen LogP contribution is 2.62. The predicted molar refractivity (Wildman–Crippen MR) is 102 cm³/mol. The van der Waals surface area contributed by atoms with Crippen LogP contribution in [0, 0.1) is 29.1 Å². The van der Waals surface area contributed by atoms with Gasteiger partial charge >= 0.3 is 0 Å². The van der Waals surface area contributed by atoms with Gasteiger partial charge in [-0.1, -0.05) is 25.0 Å². The minimum atomic E-state index is 0.365. The number of aryl methyl sites for hydroxylation is 1. The van der Waals surface area contributed by atoms with Gasteiger partial charge in [0.1, 0.15) is 0 Å². The van der Waals surface area contributed by atoms with E-state index in [4.69, 9.17) is 0 Å². The number of fused-ring (bicyclic) bond motifs is 5. The van der Waals surface area contributed by atoms with Crippen LogP contribution in [-0.2, 0) is 11.2 Å². The van der Waals surface area contributed by atoms with Gasteiger partial charge in [-0.3, -0.25) is 4.79 Å². The molecule has 1 amide bonds. The second kappa shape index (κ2) is 6.06. The van der Waals surface area contributed by atoms with Gasteiger partial charge in [0.2, 0.25) is 6.41 Å². The van der Waals surface area contributed by atoms with E-state index >= 15 is 0 Å². The highest BCUT2D eigenvalue weighted by molar-refractivity contribution is 5.77. The average molecular weight is 333 g/mol. The number of benzene rings is 1. The summed E-state index contributed by atoms with van der Waals surface area (Å²) in [5.74, 6) is 8.39. The number of anilines is 1. The van der Waals surface area contributed by atoms with Crippen molar-refractivity contribution in [1.82, 2.24) is 0 Å². The Hall–Kier alpha value is -2.01. The SMILES string of the molecule is C=C1CCC2C3CCc4cc(NC=O)c(C#CC)cc4C3CCC12C. The molecule has 0 aliphatic heterocycles. The summed E-state index contributed by atoms with van der Waals surface area (Å²) in [5.41, 5.74) is 6.57. The quantitative estimate of drug-likeness (QED) is 0.458. The normalized spacial score (nSPS) is 32.7. The van der Waals surface area contributed by atoms with Crippen molar-refractivity contribution < 1.29 is 4.79 Å². The van der Waals surface area contributed by atoms with Crippen molar-refractivity contribution in [3.05, 3.63) is 41.0 Å². The Labute approximate surface area is 151 Å². The molecule has 0 spiro atoms. The van der Waals surface area contributed by atoms with Crippen LogP contribution in [0.5, 0.6) is 0 Å². The third-order valence-electron chi connectivity index (χ3n) is 7.29. The molecule has 3 aliphatic carbocycles. The fourth-order valence-electron chi connectivity index (χ4n) is 5.95. The van der Waals surface area contributed by atoms with Gasteiger partial charge in [-0.2, -0.15) is 0 Å². The molecule has 2 saturated carbocycles. The van der Waals surface area contributed by atoms with Crippen molar-refractivity contribution >= 4 is 12.1 Å². The van der Waals surface area contributed by atoms with Crippen molar-refractivity contribution in [2.75, 3.05) is 5.32 Å². The Balaban J connectivity index is 1.75. The second-order valence-corrected chi connectivity index (χ2v) is 8.25. The summed E-state index contributed by atoms with van der Waals surface area (Å²) in [6.07, 6.45) is 8.19. The van der Waals surface area contributed by atoms with E-state index < -0.39 is 0 Å². The molecular formula is C23H27NO. The summed E-state index contributed by atoms with van der Waals surface area (Å²) in [5, 5.41) is 2.84. The first-order valence-electron chi connectivity index (χ1n) is 9.56. The predicted octanol–water partition coefficient (Wildman–Crippen LogP) is 5.04. The van der Waals surface area contributed by atoms with Crippen molar-refractivity contribution in [2.45, 2.75) is 58.3 Å². The van der Waals surface area contributed by atoms with E-state index in [-0.39, 0.29) is 0 Å². The molecule has 4 unspecified atom stereocenters. The molecule has 0 saturated heterocycles. The Morgan fingerprint density at radius 2 is 2.12 bits per heavy atom. The zero-order chi connectivity index (χ0) is 17.6. The molecule has 1 aromatic carbocycles. The zero-order valence-electron chi connectivity index (χ0n) is 15.3. The van der Waals surface area contributed by atoms with E-state index in [2.05, 4.69) is 42.8 Å². The van der Waals surface area contributed by atoms with E-state index in [1.54, 1.807) is 0 Å². The lowest BCUT2D eigenvalue weighted by Crippen LogP contribution is -2.40. The second-order valence-electron chi connectivity index (χ2n) is 8.25.